The SMILES string of the molecule is COCCNc1cc(C(=O)Nc2cccc(C)c2C)nc(-c2ccccc2)n1. The summed E-state index contributed by atoms with van der Waals surface area (Å²) in [5.41, 5.74) is 4.08. The maximum atomic E-state index is 12.9. The Hall–Kier alpha value is -3.25. The van der Waals surface area contributed by atoms with Crippen molar-refractivity contribution >= 4 is 17.4 Å². The van der Waals surface area contributed by atoms with E-state index in [2.05, 4.69) is 20.6 Å². The second-order valence-corrected chi connectivity index (χ2v) is 6.45. The summed E-state index contributed by atoms with van der Waals surface area (Å²) in [5, 5.41) is 6.14. The Morgan fingerprint density at radius 1 is 1.04 bits per heavy atom. The molecule has 0 spiro atoms. The highest BCUT2D eigenvalue weighted by Crippen LogP contribution is 2.21. The summed E-state index contributed by atoms with van der Waals surface area (Å²) in [6.07, 6.45) is 0. The number of anilines is 2. The smallest absolute Gasteiger partial charge is 0.274 e. The molecule has 6 heteroatoms. The first-order valence-corrected chi connectivity index (χ1v) is 9.13. The first kappa shape index (κ1) is 19.5. The third-order valence-electron chi connectivity index (χ3n) is 4.46. The van der Waals surface area contributed by atoms with E-state index in [1.54, 1.807) is 13.2 Å². The summed E-state index contributed by atoms with van der Waals surface area (Å²) >= 11 is 0. The second-order valence-electron chi connectivity index (χ2n) is 6.45. The van der Waals surface area contributed by atoms with Crippen molar-refractivity contribution in [2.75, 3.05) is 30.9 Å². The van der Waals surface area contributed by atoms with E-state index in [1.165, 1.54) is 0 Å². The summed E-state index contributed by atoms with van der Waals surface area (Å²) in [6, 6.07) is 17.1. The Bertz CT molecular complexity index is 958. The number of nitrogens with one attached hydrogen (secondary N) is 2. The van der Waals surface area contributed by atoms with Crippen LogP contribution in [0.25, 0.3) is 11.4 Å². The van der Waals surface area contributed by atoms with E-state index in [1.807, 2.05) is 62.4 Å². The second kappa shape index (κ2) is 9.10. The van der Waals surface area contributed by atoms with Gasteiger partial charge in [-0.3, -0.25) is 4.79 Å². The van der Waals surface area contributed by atoms with Crippen LogP contribution in [0.4, 0.5) is 11.5 Å². The average Bonchev–Trinajstić information content (AvgIpc) is 2.72. The predicted molar refractivity (Wildman–Crippen MR) is 112 cm³/mol. The molecule has 6 nitrogen and oxygen atoms in total. The number of carbonyl (C=O) groups is 1. The predicted octanol–water partition coefficient (Wildman–Crippen LogP) is 4.07. The number of carbonyl (C=O) groups excluding carboxylic acids is 1. The Labute approximate surface area is 165 Å². The Kier molecular flexibility index (Phi) is 6.34. The van der Waals surface area contributed by atoms with Gasteiger partial charge in [0.1, 0.15) is 11.5 Å². The monoisotopic (exact) mass is 376 g/mol. The van der Waals surface area contributed by atoms with Crippen LogP contribution >= 0.6 is 0 Å². The topological polar surface area (TPSA) is 76.1 Å². The maximum Gasteiger partial charge on any atom is 0.274 e. The van der Waals surface area contributed by atoms with Crippen LogP contribution in [0.3, 0.4) is 0 Å². The molecule has 0 unspecified atom stereocenters. The zero-order chi connectivity index (χ0) is 19.9. The quantitative estimate of drug-likeness (QED) is 0.608. The summed E-state index contributed by atoms with van der Waals surface area (Å²) in [7, 11) is 1.64. The van der Waals surface area contributed by atoms with Crippen LogP contribution in [0.5, 0.6) is 0 Å². The van der Waals surface area contributed by atoms with Crippen molar-refractivity contribution < 1.29 is 9.53 Å². The van der Waals surface area contributed by atoms with Gasteiger partial charge in [0.25, 0.3) is 5.91 Å². The minimum atomic E-state index is -0.275. The Morgan fingerprint density at radius 2 is 1.82 bits per heavy atom. The number of hydrogen-bond donors (Lipinski definition) is 2. The molecule has 0 fully saturated rings. The van der Waals surface area contributed by atoms with Crippen LogP contribution in [0.1, 0.15) is 21.6 Å². The van der Waals surface area contributed by atoms with Gasteiger partial charge in [0.15, 0.2) is 5.82 Å². The fraction of sp³-hybridized carbons (Fsp3) is 0.227. The van der Waals surface area contributed by atoms with Crippen LogP contribution < -0.4 is 10.6 Å². The number of amides is 1. The number of hydrogen-bond acceptors (Lipinski definition) is 5. The molecule has 1 heterocycles. The molecule has 0 bridgehead atoms. The van der Waals surface area contributed by atoms with Gasteiger partial charge in [0.05, 0.1) is 6.61 Å². The highest BCUT2D eigenvalue weighted by Gasteiger charge is 2.14. The first-order valence-electron chi connectivity index (χ1n) is 9.13. The third-order valence-corrected chi connectivity index (χ3v) is 4.46. The summed E-state index contributed by atoms with van der Waals surface area (Å²) in [6.45, 7) is 5.12. The number of aromatic nitrogens is 2. The fourth-order valence-corrected chi connectivity index (χ4v) is 2.72. The van der Waals surface area contributed by atoms with Crippen molar-refractivity contribution in [3.63, 3.8) is 0 Å². The largest absolute Gasteiger partial charge is 0.383 e. The fourth-order valence-electron chi connectivity index (χ4n) is 2.72. The summed E-state index contributed by atoms with van der Waals surface area (Å²) < 4.78 is 5.07. The molecule has 0 aliphatic rings. The molecule has 0 atom stereocenters. The normalized spacial score (nSPS) is 10.5. The van der Waals surface area contributed by atoms with E-state index in [4.69, 9.17) is 4.74 Å². The number of ether oxygens (including phenoxy) is 1. The van der Waals surface area contributed by atoms with E-state index in [9.17, 15) is 4.79 Å². The molecule has 144 valence electrons. The van der Waals surface area contributed by atoms with Gasteiger partial charge in [-0.05, 0) is 31.0 Å². The van der Waals surface area contributed by atoms with E-state index < -0.39 is 0 Å². The average molecular weight is 376 g/mol. The van der Waals surface area contributed by atoms with Crippen molar-refractivity contribution in [3.05, 3.63) is 71.4 Å². The molecule has 3 rings (SSSR count). The lowest BCUT2D eigenvalue weighted by Gasteiger charge is -2.12. The van der Waals surface area contributed by atoms with Crippen LogP contribution in [0.15, 0.2) is 54.6 Å². The van der Waals surface area contributed by atoms with Crippen LogP contribution in [-0.2, 0) is 4.74 Å². The van der Waals surface area contributed by atoms with Crippen LogP contribution in [0.2, 0.25) is 0 Å². The van der Waals surface area contributed by atoms with Crippen molar-refractivity contribution in [2.45, 2.75) is 13.8 Å². The van der Waals surface area contributed by atoms with Gasteiger partial charge < -0.3 is 15.4 Å². The van der Waals surface area contributed by atoms with Gasteiger partial charge >= 0.3 is 0 Å². The molecule has 0 saturated heterocycles. The van der Waals surface area contributed by atoms with Crippen molar-refractivity contribution in [3.8, 4) is 11.4 Å². The molecule has 1 aromatic heterocycles. The first-order chi connectivity index (χ1) is 13.6. The van der Waals surface area contributed by atoms with E-state index >= 15 is 0 Å². The minimum absolute atomic E-state index is 0.275. The molecule has 0 saturated carbocycles. The molecule has 0 aliphatic carbocycles. The number of aryl methyl sites for hydroxylation is 1. The number of rotatable bonds is 7. The van der Waals surface area contributed by atoms with Gasteiger partial charge in [-0.2, -0.15) is 0 Å². The molecule has 0 aliphatic heterocycles. The standard InChI is InChI=1S/C22H24N4O2/c1-15-8-7-11-18(16(15)2)25-22(27)19-14-20(23-12-13-28-3)26-21(24-19)17-9-5-4-6-10-17/h4-11,14H,12-13H2,1-3H3,(H,25,27)(H,23,24,26). The molecule has 2 aromatic carbocycles. The maximum absolute atomic E-state index is 12.9. The van der Waals surface area contributed by atoms with Gasteiger partial charge in [-0.1, -0.05) is 42.5 Å². The number of nitrogens with zero attached hydrogens (tertiary/aromatic N) is 2. The minimum Gasteiger partial charge on any atom is -0.383 e. The lowest BCUT2D eigenvalue weighted by molar-refractivity contribution is 0.102. The lowest BCUT2D eigenvalue weighted by atomic mass is 10.1. The molecule has 28 heavy (non-hydrogen) atoms. The Balaban J connectivity index is 1.92. The van der Waals surface area contributed by atoms with Gasteiger partial charge in [0, 0.05) is 31.0 Å². The number of benzene rings is 2. The zero-order valence-corrected chi connectivity index (χ0v) is 16.3. The highest BCUT2D eigenvalue weighted by atomic mass is 16.5. The van der Waals surface area contributed by atoms with Crippen LogP contribution in [0, 0.1) is 13.8 Å². The zero-order valence-electron chi connectivity index (χ0n) is 16.3. The summed E-state index contributed by atoms with van der Waals surface area (Å²) in [4.78, 5) is 21.9. The van der Waals surface area contributed by atoms with Gasteiger partial charge in [-0.15, -0.1) is 0 Å². The molecule has 0 radical (unpaired) electrons. The van der Waals surface area contributed by atoms with Gasteiger partial charge in [0.2, 0.25) is 0 Å². The van der Waals surface area contributed by atoms with Crippen molar-refractivity contribution in [1.82, 2.24) is 9.97 Å². The molecule has 1 amide bonds. The summed E-state index contributed by atoms with van der Waals surface area (Å²) in [5.74, 6) is 0.800. The molecule has 3 aromatic rings. The number of methoxy groups -OCH3 is 1. The molecular weight excluding hydrogens is 352 g/mol. The van der Waals surface area contributed by atoms with E-state index in [0.717, 1.165) is 22.4 Å². The van der Waals surface area contributed by atoms with Crippen molar-refractivity contribution in [2.24, 2.45) is 0 Å². The lowest BCUT2D eigenvalue weighted by Crippen LogP contribution is -2.17. The van der Waals surface area contributed by atoms with Gasteiger partial charge in [-0.25, -0.2) is 9.97 Å². The van der Waals surface area contributed by atoms with E-state index in [0.29, 0.717) is 30.5 Å². The van der Waals surface area contributed by atoms with E-state index in [-0.39, 0.29) is 5.91 Å². The highest BCUT2D eigenvalue weighted by molar-refractivity contribution is 6.04. The third kappa shape index (κ3) is 4.72. The van der Waals surface area contributed by atoms with Crippen molar-refractivity contribution in [1.29, 1.82) is 0 Å². The Morgan fingerprint density at radius 3 is 2.57 bits per heavy atom. The molecule has 2 N–H and O–H groups in total. The van der Waals surface area contributed by atoms with Crippen LogP contribution in [-0.4, -0.2) is 36.1 Å². The molecular formula is C22H24N4O2.